The maximum atomic E-state index is 12.5. The van der Waals surface area contributed by atoms with Crippen LogP contribution in [0.2, 0.25) is 0 Å². The van der Waals surface area contributed by atoms with Crippen molar-refractivity contribution in [3.05, 3.63) is 77.9 Å². The van der Waals surface area contributed by atoms with E-state index < -0.39 is 5.92 Å². The van der Waals surface area contributed by atoms with Gasteiger partial charge < -0.3 is 4.90 Å². The average Bonchev–Trinajstić information content (AvgIpc) is 3.15. The summed E-state index contributed by atoms with van der Waals surface area (Å²) in [5, 5.41) is 6.32. The molecule has 0 radical (unpaired) electrons. The summed E-state index contributed by atoms with van der Waals surface area (Å²) in [5.74, 6) is -0.673. The highest BCUT2D eigenvalue weighted by molar-refractivity contribution is 6.01. The number of amides is 2. The van der Waals surface area contributed by atoms with Crippen LogP contribution in [0.1, 0.15) is 24.5 Å². The van der Waals surface area contributed by atoms with Crippen molar-refractivity contribution in [2.75, 3.05) is 11.4 Å². The number of nitrogens with zero attached hydrogens (tertiary/aromatic N) is 2. The van der Waals surface area contributed by atoms with E-state index in [-0.39, 0.29) is 18.2 Å². The number of anilines is 1. The molecule has 1 heterocycles. The lowest BCUT2D eigenvalue weighted by atomic mass is 10.1. The van der Waals surface area contributed by atoms with Gasteiger partial charge in [0, 0.05) is 24.2 Å². The lowest BCUT2D eigenvalue weighted by molar-refractivity contribution is -0.126. The standard InChI is InChI=1S/C24H23N3O2/c1-2-17-10-12-21(13-11-17)27-16-20(14-23(27)28)24(29)26-25-15-19-8-5-7-18-6-3-4-9-22(18)19/h3-13,15,20H,2,14,16H2,1H3,(H,26,29)/b25-15+/t20-/m1/s1. The molecule has 3 aromatic rings. The molecular formula is C24H23N3O2. The van der Waals surface area contributed by atoms with E-state index in [2.05, 4.69) is 17.5 Å². The van der Waals surface area contributed by atoms with E-state index in [9.17, 15) is 9.59 Å². The highest BCUT2D eigenvalue weighted by atomic mass is 16.2. The maximum Gasteiger partial charge on any atom is 0.245 e. The van der Waals surface area contributed by atoms with Crippen molar-refractivity contribution < 1.29 is 9.59 Å². The zero-order chi connectivity index (χ0) is 20.2. The molecule has 0 unspecified atom stereocenters. The predicted octanol–water partition coefficient (Wildman–Crippen LogP) is 3.91. The van der Waals surface area contributed by atoms with Gasteiger partial charge in [-0.3, -0.25) is 9.59 Å². The molecule has 0 aliphatic carbocycles. The van der Waals surface area contributed by atoms with Gasteiger partial charge in [-0.2, -0.15) is 5.10 Å². The minimum absolute atomic E-state index is 0.0348. The van der Waals surface area contributed by atoms with Crippen LogP contribution in [0, 0.1) is 5.92 Å². The minimum atomic E-state index is -0.405. The smallest absolute Gasteiger partial charge is 0.245 e. The summed E-state index contributed by atoms with van der Waals surface area (Å²) in [6.07, 6.45) is 2.80. The summed E-state index contributed by atoms with van der Waals surface area (Å²) in [6, 6.07) is 21.9. The second-order valence-electron chi connectivity index (χ2n) is 7.23. The van der Waals surface area contributed by atoms with E-state index in [1.54, 1.807) is 11.1 Å². The number of carbonyl (C=O) groups excluding carboxylic acids is 2. The first-order valence-electron chi connectivity index (χ1n) is 9.85. The normalized spacial score (nSPS) is 16.7. The fourth-order valence-corrected chi connectivity index (χ4v) is 3.66. The molecule has 2 amide bonds. The molecule has 1 saturated heterocycles. The fraction of sp³-hybridized carbons (Fsp3) is 0.208. The van der Waals surface area contributed by atoms with Crippen LogP contribution in [0.5, 0.6) is 0 Å². The number of carbonyl (C=O) groups is 2. The Hall–Kier alpha value is -3.47. The first-order valence-corrected chi connectivity index (χ1v) is 9.85. The quantitative estimate of drug-likeness (QED) is 0.535. The van der Waals surface area contributed by atoms with Gasteiger partial charge in [0.15, 0.2) is 0 Å². The average molecular weight is 385 g/mol. The van der Waals surface area contributed by atoms with Crippen LogP contribution in [0.3, 0.4) is 0 Å². The third-order valence-electron chi connectivity index (χ3n) is 5.35. The number of benzene rings is 3. The molecule has 1 atom stereocenters. The Labute approximate surface area is 170 Å². The molecule has 0 aromatic heterocycles. The van der Waals surface area contributed by atoms with Gasteiger partial charge in [-0.1, -0.05) is 61.5 Å². The molecule has 29 heavy (non-hydrogen) atoms. The first-order chi connectivity index (χ1) is 14.2. The van der Waals surface area contributed by atoms with Gasteiger partial charge in [0.05, 0.1) is 12.1 Å². The molecule has 1 N–H and O–H groups in total. The van der Waals surface area contributed by atoms with E-state index >= 15 is 0 Å². The Morgan fingerprint density at radius 1 is 1.10 bits per heavy atom. The van der Waals surface area contributed by atoms with Gasteiger partial charge in [-0.05, 0) is 34.9 Å². The van der Waals surface area contributed by atoms with Crippen LogP contribution >= 0.6 is 0 Å². The van der Waals surface area contributed by atoms with Crippen molar-refractivity contribution in [3.8, 4) is 0 Å². The Morgan fingerprint density at radius 3 is 2.66 bits per heavy atom. The van der Waals surface area contributed by atoms with E-state index in [1.807, 2.05) is 66.7 Å². The van der Waals surface area contributed by atoms with E-state index in [0.717, 1.165) is 28.4 Å². The molecule has 3 aromatic carbocycles. The number of fused-ring (bicyclic) bond motifs is 1. The third-order valence-corrected chi connectivity index (χ3v) is 5.35. The molecule has 0 spiro atoms. The maximum absolute atomic E-state index is 12.5. The molecule has 4 rings (SSSR count). The molecule has 0 bridgehead atoms. The van der Waals surface area contributed by atoms with E-state index in [4.69, 9.17) is 0 Å². The molecule has 1 fully saturated rings. The molecular weight excluding hydrogens is 362 g/mol. The van der Waals surface area contributed by atoms with Gasteiger partial charge in [0.2, 0.25) is 11.8 Å². The molecule has 1 aliphatic rings. The summed E-state index contributed by atoms with van der Waals surface area (Å²) in [4.78, 5) is 26.6. The SMILES string of the molecule is CCc1ccc(N2C[C@H](C(=O)N/N=C/c3cccc4ccccc34)CC2=O)cc1. The van der Waals surface area contributed by atoms with Crippen molar-refractivity contribution in [2.24, 2.45) is 11.0 Å². The second-order valence-corrected chi connectivity index (χ2v) is 7.23. The largest absolute Gasteiger partial charge is 0.312 e. The number of aryl methyl sites for hydroxylation is 1. The number of hydrogen-bond donors (Lipinski definition) is 1. The van der Waals surface area contributed by atoms with Crippen LogP contribution in [0.15, 0.2) is 71.8 Å². The summed E-state index contributed by atoms with van der Waals surface area (Å²) < 4.78 is 0. The van der Waals surface area contributed by atoms with Crippen LogP contribution in [-0.2, 0) is 16.0 Å². The van der Waals surface area contributed by atoms with Crippen molar-refractivity contribution in [1.29, 1.82) is 0 Å². The van der Waals surface area contributed by atoms with Gasteiger partial charge in [0.25, 0.3) is 0 Å². The monoisotopic (exact) mass is 385 g/mol. The van der Waals surface area contributed by atoms with Crippen molar-refractivity contribution in [3.63, 3.8) is 0 Å². The lowest BCUT2D eigenvalue weighted by Gasteiger charge is -2.16. The van der Waals surface area contributed by atoms with Gasteiger partial charge >= 0.3 is 0 Å². The number of nitrogens with one attached hydrogen (secondary N) is 1. The van der Waals surface area contributed by atoms with Crippen molar-refractivity contribution in [2.45, 2.75) is 19.8 Å². The van der Waals surface area contributed by atoms with E-state index in [0.29, 0.717) is 6.54 Å². The topological polar surface area (TPSA) is 61.8 Å². The minimum Gasteiger partial charge on any atom is -0.312 e. The van der Waals surface area contributed by atoms with Gasteiger partial charge in [-0.25, -0.2) is 5.43 Å². The Bertz CT molecular complexity index is 1070. The van der Waals surface area contributed by atoms with Crippen molar-refractivity contribution >= 4 is 34.5 Å². The molecule has 5 heteroatoms. The number of rotatable bonds is 5. The molecule has 0 saturated carbocycles. The predicted molar refractivity (Wildman–Crippen MR) is 116 cm³/mol. The molecule has 5 nitrogen and oxygen atoms in total. The first kappa shape index (κ1) is 18.9. The zero-order valence-corrected chi connectivity index (χ0v) is 16.3. The Kier molecular flexibility index (Phi) is 5.38. The summed E-state index contributed by atoms with van der Waals surface area (Å²) in [6.45, 7) is 2.47. The van der Waals surface area contributed by atoms with Gasteiger partial charge in [-0.15, -0.1) is 0 Å². The summed E-state index contributed by atoms with van der Waals surface area (Å²) in [5.41, 5.74) is 5.59. The second kappa shape index (κ2) is 8.27. The molecule has 1 aliphatic heterocycles. The van der Waals surface area contributed by atoms with E-state index in [1.165, 1.54) is 5.56 Å². The summed E-state index contributed by atoms with van der Waals surface area (Å²) >= 11 is 0. The highest BCUT2D eigenvalue weighted by Crippen LogP contribution is 2.25. The van der Waals surface area contributed by atoms with Crippen LogP contribution in [0.25, 0.3) is 10.8 Å². The van der Waals surface area contributed by atoms with Crippen molar-refractivity contribution in [1.82, 2.24) is 5.43 Å². The lowest BCUT2D eigenvalue weighted by Crippen LogP contribution is -2.30. The Morgan fingerprint density at radius 2 is 1.86 bits per heavy atom. The number of hydrogen-bond acceptors (Lipinski definition) is 3. The van der Waals surface area contributed by atoms with Crippen LogP contribution < -0.4 is 10.3 Å². The summed E-state index contributed by atoms with van der Waals surface area (Å²) in [7, 11) is 0. The molecule has 146 valence electrons. The van der Waals surface area contributed by atoms with Gasteiger partial charge in [0.1, 0.15) is 0 Å². The zero-order valence-electron chi connectivity index (χ0n) is 16.3. The number of hydrazone groups is 1. The third kappa shape index (κ3) is 4.04. The highest BCUT2D eigenvalue weighted by Gasteiger charge is 2.35. The fourth-order valence-electron chi connectivity index (χ4n) is 3.66. The Balaban J connectivity index is 1.41. The van der Waals surface area contributed by atoms with Crippen LogP contribution in [0.4, 0.5) is 5.69 Å². The van der Waals surface area contributed by atoms with Crippen LogP contribution in [-0.4, -0.2) is 24.6 Å².